The summed E-state index contributed by atoms with van der Waals surface area (Å²) in [5, 5.41) is 6.79. The maximum Gasteiger partial charge on any atom is 0.269 e. The largest absolute Gasteiger partial charge is 0.458 e. The van der Waals surface area contributed by atoms with Gasteiger partial charge in [-0.3, -0.25) is 13.7 Å². The topological polar surface area (TPSA) is 35.9 Å². The number of hydrogen-bond acceptors (Lipinski definition) is 2. The maximum absolute atomic E-state index is 9.02. The minimum absolute atomic E-state index is 0.0851. The highest BCUT2D eigenvalue weighted by molar-refractivity contribution is 7.20. The molecule has 6 heteroatoms. The van der Waals surface area contributed by atoms with Gasteiger partial charge in [-0.1, -0.05) is 293 Å². The standard InChI is InChI=1S/C93H84N4OSi/c1-62-52-87(94-60-82(62)65-29-16-13-17-30-65)97-83-50-47-69(68-35-24-41-76(53-68)99(77-42-25-36-70(55-77)91(4,5)6,78-43-26-37-71(56-78)92(7,8)9)79-44-27-38-72(57-79)93(10,11)12)54-81(83)80-49-48-75(59-86(80)97)98-74-40-28-39-73(58-74)95-61-96(85-46-23-22-45-84(85)95)90-88(66-31-18-14-19-32-66)63(2)51-64(3)89(90)67-33-20-15-21-34-67/h13-60H,1-12H3/i1D3,13D,16D,17D,29D,30D. The van der Waals surface area contributed by atoms with Gasteiger partial charge >= 0.3 is 0 Å². The maximum atomic E-state index is 9.02. The molecule has 3 aromatic heterocycles. The minimum Gasteiger partial charge on any atom is -0.458 e. The molecule has 12 aromatic carbocycles. The van der Waals surface area contributed by atoms with Crippen LogP contribution in [0.3, 0.4) is 0 Å². The first-order valence-electron chi connectivity index (χ1n) is 38.1. The second kappa shape index (κ2) is 25.2. The van der Waals surface area contributed by atoms with Gasteiger partial charge in [0.05, 0.1) is 40.3 Å². The Morgan fingerprint density at radius 3 is 1.57 bits per heavy atom. The number of ether oxygens (including phenoxy) is 1. The van der Waals surface area contributed by atoms with E-state index in [4.69, 9.17) is 20.7 Å². The van der Waals surface area contributed by atoms with Crippen LogP contribution in [-0.2, 0) is 16.2 Å². The van der Waals surface area contributed by atoms with Gasteiger partial charge in [-0.25, -0.2) is 4.98 Å². The normalized spacial score (nSPS) is 13.5. The van der Waals surface area contributed by atoms with Gasteiger partial charge in [-0.2, -0.15) is 0 Å². The summed E-state index contributed by atoms with van der Waals surface area (Å²) in [5.41, 5.74) is 16.6. The van der Waals surface area contributed by atoms with Gasteiger partial charge in [-0.15, -0.1) is 0 Å². The van der Waals surface area contributed by atoms with E-state index in [9.17, 15) is 0 Å². The molecular formula is C93H84N4OSi. The van der Waals surface area contributed by atoms with E-state index < -0.39 is 45.1 Å². The number of aryl methyl sites for hydroxylation is 3. The van der Waals surface area contributed by atoms with Crippen LogP contribution in [0.4, 0.5) is 0 Å². The summed E-state index contributed by atoms with van der Waals surface area (Å²) in [6.07, 6.45) is 5.17. The van der Waals surface area contributed by atoms with E-state index in [1.165, 1.54) is 49.7 Å². The molecule has 0 N–H and O–H groups in total. The average Bonchev–Trinajstić information content (AvgIpc) is 1.16. The number of aromatic nitrogens is 4. The van der Waals surface area contributed by atoms with Crippen molar-refractivity contribution in [3.63, 3.8) is 0 Å². The molecule has 0 aliphatic heterocycles. The average molecular weight is 1310 g/mol. The number of pyridine rings is 1. The smallest absolute Gasteiger partial charge is 0.269 e. The van der Waals surface area contributed by atoms with Crippen molar-refractivity contribution in [1.29, 1.82) is 0 Å². The van der Waals surface area contributed by atoms with Crippen molar-refractivity contribution in [1.82, 2.24) is 14.1 Å². The number of rotatable bonds is 13. The molecule has 15 aromatic rings. The zero-order valence-electron chi connectivity index (χ0n) is 66.0. The van der Waals surface area contributed by atoms with Crippen LogP contribution in [0.15, 0.2) is 291 Å². The molecule has 0 aliphatic rings. The van der Waals surface area contributed by atoms with E-state index in [1.807, 2.05) is 59.2 Å². The van der Waals surface area contributed by atoms with Crippen molar-refractivity contribution in [3.05, 3.63) is 331 Å². The molecule has 0 spiro atoms. The third kappa shape index (κ3) is 11.8. The Labute approximate surface area is 596 Å². The van der Waals surface area contributed by atoms with Crippen LogP contribution in [0.5, 0.6) is 11.5 Å². The lowest BCUT2D eigenvalue weighted by atomic mass is 9.87. The Kier molecular flexibility index (Phi) is 14.0. The molecule has 0 saturated carbocycles. The highest BCUT2D eigenvalue weighted by Crippen LogP contribution is 2.42. The summed E-state index contributed by atoms with van der Waals surface area (Å²) in [6.45, 7) is 22.1. The molecule has 15 rings (SSSR count). The highest BCUT2D eigenvalue weighted by Gasteiger charge is 2.43. The third-order valence-electron chi connectivity index (χ3n) is 19.7. The van der Waals surface area contributed by atoms with Crippen molar-refractivity contribution in [2.24, 2.45) is 0 Å². The Morgan fingerprint density at radius 1 is 0.434 bits per heavy atom. The van der Waals surface area contributed by atoms with Crippen molar-refractivity contribution in [3.8, 4) is 73.2 Å². The lowest BCUT2D eigenvalue weighted by molar-refractivity contribution is -0.571. The molecule has 5 nitrogen and oxygen atoms in total. The van der Waals surface area contributed by atoms with Crippen LogP contribution >= 0.6 is 0 Å². The van der Waals surface area contributed by atoms with Crippen LogP contribution in [0.1, 0.15) is 107 Å². The summed E-state index contributed by atoms with van der Waals surface area (Å²) in [4.78, 5) is 5.00. The van der Waals surface area contributed by atoms with E-state index in [-0.39, 0.29) is 38.8 Å². The van der Waals surface area contributed by atoms with Gasteiger partial charge < -0.3 is 4.74 Å². The van der Waals surface area contributed by atoms with E-state index in [0.717, 1.165) is 83.2 Å². The van der Waals surface area contributed by atoms with Crippen molar-refractivity contribution < 1.29 is 20.3 Å². The van der Waals surface area contributed by atoms with E-state index in [2.05, 4.69) is 286 Å². The first kappa shape index (κ1) is 55.1. The molecule has 0 unspecified atom stereocenters. The number of para-hydroxylation sites is 2. The van der Waals surface area contributed by atoms with Crippen LogP contribution in [0.2, 0.25) is 0 Å². The summed E-state index contributed by atoms with van der Waals surface area (Å²) in [5.74, 6) is 1.28. The second-order valence-electron chi connectivity index (χ2n) is 29.4. The molecule has 486 valence electrons. The second-order valence-corrected chi connectivity index (χ2v) is 33.2. The van der Waals surface area contributed by atoms with Gasteiger partial charge in [0.2, 0.25) is 0 Å². The number of benzene rings is 12. The fourth-order valence-corrected chi connectivity index (χ4v) is 19.5. The number of imidazole rings is 1. The summed E-state index contributed by atoms with van der Waals surface area (Å²) < 4.78 is 83.8. The first-order valence-corrected chi connectivity index (χ1v) is 36.1. The van der Waals surface area contributed by atoms with E-state index in [1.54, 1.807) is 0 Å². The minimum atomic E-state index is -3.25. The molecule has 0 fully saturated rings. The Bertz CT molecular complexity index is 5780. The predicted octanol–water partition coefficient (Wildman–Crippen LogP) is 20.9. The zero-order chi connectivity index (χ0) is 75.4. The van der Waals surface area contributed by atoms with Gasteiger partial charge in [-0.05, 0) is 179 Å². The predicted molar refractivity (Wildman–Crippen MR) is 418 cm³/mol. The Morgan fingerprint density at radius 2 is 0.970 bits per heavy atom. The summed E-state index contributed by atoms with van der Waals surface area (Å²) in [7, 11) is -3.25. The number of fused-ring (bicyclic) bond motifs is 4. The Balaban J connectivity index is 0.914. The first-order chi connectivity index (χ1) is 51.0. The summed E-state index contributed by atoms with van der Waals surface area (Å²) >= 11 is 0. The Hall–Kier alpha value is -10.9. The SMILES string of the molecule is [2H]c1c([2H])c([2H])c(-c2cnc(-n3c4ccc(-c5cccc([Si](c6cccc(C(C)(C)C)c6)(c6cccc(C(C)(C)C)c6)c6cccc(C(C)(C)C)c6)c5)cc4c4ccc(Oc5cccc(-n6[c-][n+](-c7c(-c8ccccc8)c(C)cc(C)c7-c7ccccc7)c7ccccc76)c5)cc43)cc2C([2H])([2H])[2H])c([2H])c1[2H]. The molecule has 3 heterocycles. The van der Waals surface area contributed by atoms with Gasteiger partial charge in [0.15, 0.2) is 8.07 Å². The van der Waals surface area contributed by atoms with Gasteiger partial charge in [0, 0.05) is 32.7 Å². The monoisotopic (exact) mass is 1310 g/mol. The van der Waals surface area contributed by atoms with Crippen molar-refractivity contribution >= 4 is 61.7 Å². The molecule has 0 radical (unpaired) electrons. The van der Waals surface area contributed by atoms with Crippen molar-refractivity contribution in [2.45, 2.75) is 99.3 Å². The molecule has 0 atom stereocenters. The third-order valence-corrected chi connectivity index (χ3v) is 24.4. The van der Waals surface area contributed by atoms with E-state index >= 15 is 0 Å². The van der Waals surface area contributed by atoms with Gasteiger partial charge in [0.25, 0.3) is 6.33 Å². The van der Waals surface area contributed by atoms with Crippen LogP contribution in [-0.4, -0.2) is 22.2 Å². The fourth-order valence-electron chi connectivity index (χ4n) is 14.6. The van der Waals surface area contributed by atoms with Crippen LogP contribution in [0.25, 0.3) is 94.5 Å². The van der Waals surface area contributed by atoms with Crippen LogP contribution < -0.4 is 30.1 Å². The quantitative estimate of drug-likeness (QED) is 0.0499. The zero-order valence-corrected chi connectivity index (χ0v) is 59.0. The van der Waals surface area contributed by atoms with Gasteiger partial charge in [0.1, 0.15) is 17.3 Å². The molecule has 99 heavy (non-hydrogen) atoms. The molecule has 0 amide bonds. The lowest BCUT2D eigenvalue weighted by Gasteiger charge is -2.37. The molecule has 0 saturated heterocycles. The molecule has 0 aliphatic carbocycles. The summed E-state index contributed by atoms with van der Waals surface area (Å²) in [6, 6.07) is 87.8. The fraction of sp³-hybridized carbons (Fsp3) is 0.161. The molecule has 0 bridgehead atoms. The van der Waals surface area contributed by atoms with E-state index in [0.29, 0.717) is 17.0 Å². The van der Waals surface area contributed by atoms with Crippen LogP contribution in [0, 0.1) is 27.0 Å². The number of hydrogen-bond donors (Lipinski definition) is 0. The lowest BCUT2D eigenvalue weighted by Crippen LogP contribution is -2.75. The highest BCUT2D eigenvalue weighted by atomic mass is 28.3. The molecular weight excluding hydrogens is 1220 g/mol. The number of nitrogens with zero attached hydrogens (tertiary/aromatic N) is 4. The van der Waals surface area contributed by atoms with Crippen molar-refractivity contribution in [2.75, 3.05) is 0 Å².